The zero-order chi connectivity index (χ0) is 33.0. The topological polar surface area (TPSA) is 85.3 Å². The van der Waals surface area contributed by atoms with Crippen molar-refractivity contribution in [2.75, 3.05) is 12.9 Å². The molecule has 0 unspecified atom stereocenters. The number of hydrogen-bond acceptors (Lipinski definition) is 7. The first-order chi connectivity index (χ1) is 23.5. The molecule has 5 aromatic carbocycles. The lowest BCUT2D eigenvalue weighted by atomic mass is 9.99. The molecule has 2 heterocycles. The number of hydrogen-bond donors (Lipinski definition) is 1. The molecule has 1 saturated heterocycles. The first kappa shape index (κ1) is 31.8. The minimum Gasteiger partial charge on any atom is -0.496 e. The Morgan fingerprint density at radius 3 is 2.15 bits per heavy atom. The van der Waals surface area contributed by atoms with Gasteiger partial charge in [0.1, 0.15) is 5.75 Å². The maximum Gasteiger partial charge on any atom is 0.261 e. The average molecular weight is 658 g/mol. The van der Waals surface area contributed by atoms with E-state index in [1.54, 1.807) is 43.1 Å². The zero-order valence-corrected chi connectivity index (χ0v) is 27.3. The summed E-state index contributed by atoms with van der Waals surface area (Å²) in [6, 6.07) is 38.9. The lowest BCUT2D eigenvalue weighted by Crippen LogP contribution is -2.31. The molecule has 0 saturated carbocycles. The molecule has 7 nitrogen and oxygen atoms in total. The van der Waals surface area contributed by atoms with Crippen LogP contribution in [0.5, 0.6) is 5.75 Å². The molecule has 0 bridgehead atoms. The number of aliphatic hydroxyl groups is 1. The van der Waals surface area contributed by atoms with Crippen molar-refractivity contribution in [1.29, 1.82) is 0 Å². The Balaban J connectivity index is 1.08. The standard InChI is InChI=1S/C40H35NO6S/c1-45-35-11-4-5-12-37(35)48-25-32-22-36(29-15-13-26(24-42)14-16-29)47-40(46-32)30-19-17-28(18-20-30)31-8-6-7-27(21-31)23-41-38(43)33-9-2-3-10-34(33)39(41)44/h2-21,32,36,40,42H,22-25H2,1H3/t32-,36+,40+/m0/s1. The number of thioether (sulfide) groups is 1. The summed E-state index contributed by atoms with van der Waals surface area (Å²) in [5.74, 6) is 1.04. The second-order valence-corrected chi connectivity index (χ2v) is 12.9. The number of amides is 2. The molecule has 8 heteroatoms. The van der Waals surface area contributed by atoms with E-state index >= 15 is 0 Å². The summed E-state index contributed by atoms with van der Waals surface area (Å²) in [4.78, 5) is 28.2. The second kappa shape index (κ2) is 14.2. The van der Waals surface area contributed by atoms with Crippen LogP contribution in [-0.2, 0) is 22.6 Å². The summed E-state index contributed by atoms with van der Waals surface area (Å²) < 4.78 is 18.7. The number of nitrogens with zero attached hydrogens (tertiary/aromatic N) is 1. The first-order valence-corrected chi connectivity index (χ1v) is 16.9. The van der Waals surface area contributed by atoms with Gasteiger partial charge in [-0.25, -0.2) is 0 Å². The van der Waals surface area contributed by atoms with E-state index in [1.165, 1.54) is 4.90 Å². The Bertz CT molecular complexity index is 1890. The van der Waals surface area contributed by atoms with Crippen molar-refractivity contribution in [3.05, 3.63) is 155 Å². The fraction of sp³-hybridized carbons (Fsp3) is 0.200. The average Bonchev–Trinajstić information content (AvgIpc) is 3.38. The van der Waals surface area contributed by atoms with Crippen LogP contribution < -0.4 is 4.74 Å². The summed E-state index contributed by atoms with van der Waals surface area (Å²) in [7, 11) is 1.68. The molecule has 1 fully saturated rings. The zero-order valence-electron chi connectivity index (χ0n) is 26.5. The maximum absolute atomic E-state index is 12.9. The highest BCUT2D eigenvalue weighted by Crippen LogP contribution is 2.41. The van der Waals surface area contributed by atoms with Gasteiger partial charge in [-0.1, -0.05) is 91.0 Å². The third kappa shape index (κ3) is 6.66. The quantitative estimate of drug-likeness (QED) is 0.120. The van der Waals surface area contributed by atoms with Gasteiger partial charge in [0.2, 0.25) is 0 Å². The summed E-state index contributed by atoms with van der Waals surface area (Å²) >= 11 is 1.70. The van der Waals surface area contributed by atoms with Crippen molar-refractivity contribution in [1.82, 2.24) is 4.90 Å². The van der Waals surface area contributed by atoms with Crippen LogP contribution in [0, 0.1) is 0 Å². The van der Waals surface area contributed by atoms with Crippen LogP contribution >= 0.6 is 11.8 Å². The monoisotopic (exact) mass is 657 g/mol. The van der Waals surface area contributed by atoms with E-state index in [4.69, 9.17) is 14.2 Å². The van der Waals surface area contributed by atoms with Crippen LogP contribution in [0.25, 0.3) is 11.1 Å². The van der Waals surface area contributed by atoms with E-state index in [0.717, 1.165) is 49.8 Å². The van der Waals surface area contributed by atoms with Crippen LogP contribution in [0.1, 0.15) is 61.8 Å². The van der Waals surface area contributed by atoms with E-state index in [2.05, 4.69) is 6.07 Å². The third-order valence-corrected chi connectivity index (χ3v) is 9.96. The molecule has 242 valence electrons. The number of aliphatic hydroxyl groups excluding tert-OH is 1. The Labute approximate surface area is 284 Å². The minimum atomic E-state index is -0.571. The van der Waals surface area contributed by atoms with Gasteiger partial charge in [-0.05, 0) is 58.1 Å². The van der Waals surface area contributed by atoms with Gasteiger partial charge < -0.3 is 19.3 Å². The van der Waals surface area contributed by atoms with E-state index in [-0.39, 0.29) is 37.2 Å². The van der Waals surface area contributed by atoms with Crippen molar-refractivity contribution in [2.45, 2.75) is 43.0 Å². The molecule has 0 spiro atoms. The molecule has 0 aliphatic carbocycles. The van der Waals surface area contributed by atoms with Gasteiger partial charge in [-0.3, -0.25) is 14.5 Å². The Hall–Kier alpha value is -4.73. The number of methoxy groups -OCH3 is 1. The number of imide groups is 1. The van der Waals surface area contributed by atoms with Gasteiger partial charge in [0.15, 0.2) is 6.29 Å². The van der Waals surface area contributed by atoms with Gasteiger partial charge in [0.25, 0.3) is 11.8 Å². The first-order valence-electron chi connectivity index (χ1n) is 15.9. The Morgan fingerprint density at radius 1 is 0.750 bits per heavy atom. The van der Waals surface area contributed by atoms with Crippen molar-refractivity contribution in [3.8, 4) is 16.9 Å². The molecule has 7 rings (SSSR count). The van der Waals surface area contributed by atoms with E-state index in [9.17, 15) is 14.7 Å². The summed E-state index contributed by atoms with van der Waals surface area (Å²) in [6.45, 7) is 0.199. The van der Waals surface area contributed by atoms with Crippen LogP contribution in [0.4, 0.5) is 0 Å². The molecule has 0 radical (unpaired) electrons. The van der Waals surface area contributed by atoms with Gasteiger partial charge in [0.05, 0.1) is 43.6 Å². The second-order valence-electron chi connectivity index (χ2n) is 11.9. The fourth-order valence-electron chi connectivity index (χ4n) is 6.19. The Kier molecular flexibility index (Phi) is 9.40. The predicted octanol–water partition coefficient (Wildman–Crippen LogP) is 7.99. The number of benzene rings is 5. The lowest BCUT2D eigenvalue weighted by molar-refractivity contribution is -0.245. The lowest BCUT2D eigenvalue weighted by Gasteiger charge is -2.36. The van der Waals surface area contributed by atoms with Crippen molar-refractivity contribution < 1.29 is 28.9 Å². The largest absolute Gasteiger partial charge is 0.496 e. The number of rotatable bonds is 10. The molecular weight excluding hydrogens is 623 g/mol. The molecule has 2 aliphatic heterocycles. The summed E-state index contributed by atoms with van der Waals surface area (Å²) in [6.07, 6.45) is -0.147. The molecular formula is C40H35NO6S. The van der Waals surface area contributed by atoms with Crippen molar-refractivity contribution in [3.63, 3.8) is 0 Å². The number of carbonyl (C=O) groups excluding carboxylic acids is 2. The van der Waals surface area contributed by atoms with Gasteiger partial charge in [-0.15, -0.1) is 11.8 Å². The molecule has 2 aliphatic rings. The van der Waals surface area contributed by atoms with E-state index < -0.39 is 6.29 Å². The summed E-state index contributed by atoms with van der Waals surface area (Å²) in [5, 5.41) is 9.54. The van der Waals surface area contributed by atoms with Gasteiger partial charge in [-0.2, -0.15) is 0 Å². The van der Waals surface area contributed by atoms with Crippen LogP contribution in [0.3, 0.4) is 0 Å². The smallest absolute Gasteiger partial charge is 0.261 e. The molecule has 0 aromatic heterocycles. The highest BCUT2D eigenvalue weighted by molar-refractivity contribution is 7.99. The Morgan fingerprint density at radius 2 is 1.44 bits per heavy atom. The van der Waals surface area contributed by atoms with Crippen LogP contribution in [0.15, 0.2) is 126 Å². The molecule has 48 heavy (non-hydrogen) atoms. The highest BCUT2D eigenvalue weighted by Gasteiger charge is 2.35. The van der Waals surface area contributed by atoms with Crippen molar-refractivity contribution in [2.24, 2.45) is 0 Å². The third-order valence-electron chi connectivity index (χ3n) is 8.77. The molecule has 5 aromatic rings. The number of para-hydroxylation sites is 1. The van der Waals surface area contributed by atoms with E-state index in [0.29, 0.717) is 17.5 Å². The van der Waals surface area contributed by atoms with Crippen LogP contribution in [-0.4, -0.2) is 40.8 Å². The van der Waals surface area contributed by atoms with Gasteiger partial charge in [0, 0.05) is 22.6 Å². The van der Waals surface area contributed by atoms with Gasteiger partial charge >= 0.3 is 0 Å². The number of ether oxygens (including phenoxy) is 3. The minimum absolute atomic E-state index is 0.00621. The summed E-state index contributed by atoms with van der Waals surface area (Å²) in [5.41, 5.74) is 6.55. The fourth-order valence-corrected chi connectivity index (χ4v) is 7.24. The van der Waals surface area contributed by atoms with E-state index in [1.807, 2.05) is 91.0 Å². The normalized spacial score (nSPS) is 19.0. The van der Waals surface area contributed by atoms with Crippen LogP contribution in [0.2, 0.25) is 0 Å². The number of carbonyl (C=O) groups is 2. The highest BCUT2D eigenvalue weighted by atomic mass is 32.2. The predicted molar refractivity (Wildman–Crippen MR) is 185 cm³/mol. The molecule has 3 atom stereocenters. The SMILES string of the molecule is COc1ccccc1SC[C@@H]1C[C@H](c2ccc(CO)cc2)O[C@H](c2ccc(-c3cccc(CN4C(=O)c5ccccc5C4=O)c3)cc2)O1. The van der Waals surface area contributed by atoms with Crippen molar-refractivity contribution >= 4 is 23.6 Å². The maximum atomic E-state index is 12.9. The molecule has 2 amide bonds. The number of fused-ring (bicyclic) bond motifs is 1. The molecule has 1 N–H and O–H groups in total.